The maximum atomic E-state index is 6.05. The van der Waals surface area contributed by atoms with Crippen molar-refractivity contribution in [2.45, 2.75) is 78.0 Å². The molecule has 0 bridgehead atoms. The van der Waals surface area contributed by atoms with Gasteiger partial charge in [-0.3, -0.25) is 0 Å². The van der Waals surface area contributed by atoms with Crippen LogP contribution in [-0.2, 0) is 13.0 Å². The van der Waals surface area contributed by atoms with Crippen LogP contribution in [0.4, 0.5) is 0 Å². The lowest BCUT2D eigenvalue weighted by atomic mass is 10.1. The number of ether oxygens (including phenoxy) is 1. The van der Waals surface area contributed by atoms with E-state index in [4.69, 9.17) is 4.74 Å². The highest BCUT2D eigenvalue weighted by Crippen LogP contribution is 2.24. The van der Waals surface area contributed by atoms with Crippen LogP contribution in [0.1, 0.15) is 64.6 Å². The average molecular weight is 276 g/mol. The number of nitrogens with one attached hydrogen (secondary N) is 1. The summed E-state index contributed by atoms with van der Waals surface area (Å²) in [5.74, 6) is 0.807. The highest BCUT2D eigenvalue weighted by molar-refractivity contribution is 5.25. The van der Waals surface area contributed by atoms with Crippen molar-refractivity contribution in [3.63, 3.8) is 0 Å². The van der Waals surface area contributed by atoms with Crippen molar-refractivity contribution >= 4 is 0 Å². The molecule has 1 aromatic rings. The van der Waals surface area contributed by atoms with Gasteiger partial charge in [-0.2, -0.15) is 0 Å². The van der Waals surface area contributed by atoms with Crippen molar-refractivity contribution in [1.29, 1.82) is 0 Å². The Morgan fingerprint density at radius 1 is 1.25 bits per heavy atom. The number of rotatable bonds is 5. The zero-order valence-electron chi connectivity index (χ0n) is 13.3. The van der Waals surface area contributed by atoms with Crippen molar-refractivity contribution in [3.05, 3.63) is 23.4 Å². The van der Waals surface area contributed by atoms with Crippen molar-refractivity contribution < 1.29 is 4.74 Å². The highest BCUT2D eigenvalue weighted by atomic mass is 16.5. The van der Waals surface area contributed by atoms with E-state index in [1.807, 2.05) is 0 Å². The molecule has 1 fully saturated rings. The summed E-state index contributed by atoms with van der Waals surface area (Å²) in [4.78, 5) is 4.61. The van der Waals surface area contributed by atoms with Gasteiger partial charge in [0.2, 0.25) is 5.88 Å². The smallest absolute Gasteiger partial charge is 0.214 e. The molecule has 2 rings (SSSR count). The first kappa shape index (κ1) is 15.3. The van der Waals surface area contributed by atoms with E-state index in [0.717, 1.165) is 24.5 Å². The van der Waals surface area contributed by atoms with E-state index in [2.05, 4.69) is 50.1 Å². The summed E-state index contributed by atoms with van der Waals surface area (Å²) in [7, 11) is 0. The lowest BCUT2D eigenvalue weighted by Crippen LogP contribution is -2.35. The number of aryl methyl sites for hydroxylation is 1. The molecule has 1 aliphatic carbocycles. The van der Waals surface area contributed by atoms with Gasteiger partial charge in [0.1, 0.15) is 6.10 Å². The van der Waals surface area contributed by atoms with Crippen molar-refractivity contribution in [3.8, 4) is 5.88 Å². The molecule has 0 radical (unpaired) electrons. The van der Waals surface area contributed by atoms with Crippen LogP contribution in [0, 0.1) is 0 Å². The van der Waals surface area contributed by atoms with E-state index >= 15 is 0 Å². The molecule has 0 aliphatic heterocycles. The first-order valence-electron chi connectivity index (χ1n) is 7.88. The molecule has 1 aromatic heterocycles. The number of pyridine rings is 1. The molecule has 0 aromatic carbocycles. The molecule has 112 valence electrons. The van der Waals surface area contributed by atoms with E-state index < -0.39 is 0 Å². The molecule has 0 spiro atoms. The Labute approximate surface area is 123 Å². The van der Waals surface area contributed by atoms with E-state index in [-0.39, 0.29) is 5.54 Å². The molecular weight excluding hydrogens is 248 g/mol. The summed E-state index contributed by atoms with van der Waals surface area (Å²) in [5, 5.41) is 3.53. The predicted molar refractivity (Wildman–Crippen MR) is 83.1 cm³/mol. The van der Waals surface area contributed by atoms with Gasteiger partial charge in [0, 0.05) is 23.8 Å². The van der Waals surface area contributed by atoms with E-state index in [9.17, 15) is 0 Å². The standard InChI is InChI=1S/C17H28N2O/c1-5-14-10-13(12-18-17(2,3)4)11-16(19-14)20-15-8-6-7-9-15/h10-11,15,18H,5-9,12H2,1-4H3. The third kappa shape index (κ3) is 4.78. The van der Waals surface area contributed by atoms with Crippen LogP contribution in [0.15, 0.2) is 12.1 Å². The monoisotopic (exact) mass is 276 g/mol. The Hall–Kier alpha value is -1.09. The minimum Gasteiger partial charge on any atom is -0.474 e. The second kappa shape index (κ2) is 6.57. The molecule has 0 atom stereocenters. The zero-order chi connectivity index (χ0) is 14.6. The summed E-state index contributed by atoms with van der Waals surface area (Å²) < 4.78 is 6.05. The molecule has 0 unspecified atom stereocenters. The van der Waals surface area contributed by atoms with Crippen LogP contribution >= 0.6 is 0 Å². The van der Waals surface area contributed by atoms with E-state index in [1.54, 1.807) is 0 Å². The van der Waals surface area contributed by atoms with Crippen LogP contribution < -0.4 is 10.1 Å². The number of hydrogen-bond acceptors (Lipinski definition) is 3. The quantitative estimate of drug-likeness (QED) is 0.887. The highest BCUT2D eigenvalue weighted by Gasteiger charge is 2.17. The molecule has 3 heteroatoms. The number of hydrogen-bond donors (Lipinski definition) is 1. The van der Waals surface area contributed by atoms with Gasteiger partial charge in [0.05, 0.1) is 0 Å². The third-order valence-corrected chi connectivity index (χ3v) is 3.69. The van der Waals surface area contributed by atoms with Crippen molar-refractivity contribution in [1.82, 2.24) is 10.3 Å². The first-order chi connectivity index (χ1) is 9.46. The maximum Gasteiger partial charge on any atom is 0.214 e. The summed E-state index contributed by atoms with van der Waals surface area (Å²) in [5.41, 5.74) is 2.51. The Balaban J connectivity index is 2.06. The topological polar surface area (TPSA) is 34.1 Å². The largest absolute Gasteiger partial charge is 0.474 e. The molecule has 0 saturated heterocycles. The first-order valence-corrected chi connectivity index (χ1v) is 7.88. The van der Waals surface area contributed by atoms with Gasteiger partial charge < -0.3 is 10.1 Å². The van der Waals surface area contributed by atoms with E-state index in [1.165, 1.54) is 31.2 Å². The molecule has 1 aliphatic rings. The van der Waals surface area contributed by atoms with Gasteiger partial charge in [-0.1, -0.05) is 6.92 Å². The van der Waals surface area contributed by atoms with Crippen LogP contribution in [0.3, 0.4) is 0 Å². The Kier molecular flexibility index (Phi) is 5.03. The number of aromatic nitrogens is 1. The summed E-state index contributed by atoms with van der Waals surface area (Å²) in [6, 6.07) is 4.27. The minimum absolute atomic E-state index is 0.127. The normalized spacial score (nSPS) is 16.6. The summed E-state index contributed by atoms with van der Waals surface area (Å²) >= 11 is 0. The van der Waals surface area contributed by atoms with E-state index in [0.29, 0.717) is 6.10 Å². The van der Waals surface area contributed by atoms with Gasteiger partial charge in [-0.15, -0.1) is 0 Å². The molecule has 1 saturated carbocycles. The Morgan fingerprint density at radius 3 is 2.55 bits per heavy atom. The Bertz CT molecular complexity index is 431. The molecule has 1 heterocycles. The summed E-state index contributed by atoms with van der Waals surface area (Å²) in [6.45, 7) is 9.56. The van der Waals surface area contributed by atoms with Gasteiger partial charge in [-0.25, -0.2) is 4.98 Å². The average Bonchev–Trinajstić information content (AvgIpc) is 2.88. The lowest BCUT2D eigenvalue weighted by molar-refractivity contribution is 0.200. The maximum absolute atomic E-state index is 6.05. The van der Waals surface area contributed by atoms with Gasteiger partial charge >= 0.3 is 0 Å². The lowest BCUT2D eigenvalue weighted by Gasteiger charge is -2.21. The van der Waals surface area contributed by atoms with Crippen LogP contribution in [0.25, 0.3) is 0 Å². The second-order valence-corrected chi connectivity index (χ2v) is 6.79. The third-order valence-electron chi connectivity index (χ3n) is 3.69. The molecule has 3 nitrogen and oxygen atoms in total. The van der Waals surface area contributed by atoms with Gasteiger partial charge in [-0.05, 0) is 64.5 Å². The Morgan fingerprint density at radius 2 is 1.95 bits per heavy atom. The SMILES string of the molecule is CCc1cc(CNC(C)(C)C)cc(OC2CCCC2)n1. The van der Waals surface area contributed by atoms with Crippen molar-refractivity contribution in [2.24, 2.45) is 0 Å². The number of nitrogens with zero attached hydrogens (tertiary/aromatic N) is 1. The van der Waals surface area contributed by atoms with Crippen LogP contribution in [0.5, 0.6) is 5.88 Å². The van der Waals surface area contributed by atoms with Crippen LogP contribution in [0.2, 0.25) is 0 Å². The predicted octanol–water partition coefficient (Wildman–Crippen LogP) is 3.85. The summed E-state index contributed by atoms with van der Waals surface area (Å²) in [6.07, 6.45) is 6.25. The molecular formula is C17H28N2O. The fourth-order valence-electron chi connectivity index (χ4n) is 2.51. The van der Waals surface area contributed by atoms with Gasteiger partial charge in [0.25, 0.3) is 0 Å². The molecule has 0 amide bonds. The van der Waals surface area contributed by atoms with Crippen LogP contribution in [-0.4, -0.2) is 16.6 Å². The molecule has 20 heavy (non-hydrogen) atoms. The van der Waals surface area contributed by atoms with Gasteiger partial charge in [0.15, 0.2) is 0 Å². The minimum atomic E-state index is 0.127. The van der Waals surface area contributed by atoms with Crippen molar-refractivity contribution in [2.75, 3.05) is 0 Å². The fraction of sp³-hybridized carbons (Fsp3) is 0.706. The second-order valence-electron chi connectivity index (χ2n) is 6.79. The molecule has 1 N–H and O–H groups in total. The fourth-order valence-corrected chi connectivity index (χ4v) is 2.51. The zero-order valence-corrected chi connectivity index (χ0v) is 13.3.